The van der Waals surface area contributed by atoms with E-state index in [2.05, 4.69) is 15.5 Å². The monoisotopic (exact) mass is 432 g/mol. The molecular weight excluding hydrogens is 420 g/mol. The molecule has 1 aromatic heterocycles. The number of rotatable bonds is 7. The Morgan fingerprint density at radius 1 is 1.25 bits per heavy atom. The second-order valence-corrected chi connectivity index (χ2v) is 8.03. The number of amides is 1. The van der Waals surface area contributed by atoms with Crippen LogP contribution >= 0.6 is 34.7 Å². The number of nitro benzene ring substituents is 1. The first-order valence-electron chi connectivity index (χ1n) is 7.96. The van der Waals surface area contributed by atoms with Crippen molar-refractivity contribution in [3.8, 4) is 0 Å². The molecule has 142 valence electrons. The van der Waals surface area contributed by atoms with Gasteiger partial charge in [0.15, 0.2) is 4.34 Å². The topological polar surface area (TPSA) is 98.0 Å². The number of nitro groups is 1. The summed E-state index contributed by atoms with van der Waals surface area (Å²) < 4.78 is 0.704. The fourth-order valence-electron chi connectivity index (χ4n) is 2.15. The molecule has 0 aliphatic carbocycles. The Bertz CT molecular complexity index is 1020. The van der Waals surface area contributed by atoms with Gasteiger partial charge in [-0.05, 0) is 17.7 Å². The molecule has 3 rings (SSSR count). The molecule has 10 heteroatoms. The van der Waals surface area contributed by atoms with Gasteiger partial charge < -0.3 is 0 Å². The fourth-order valence-corrected chi connectivity index (χ4v) is 3.92. The van der Waals surface area contributed by atoms with E-state index in [4.69, 9.17) is 11.6 Å². The van der Waals surface area contributed by atoms with Crippen molar-refractivity contribution in [1.29, 1.82) is 0 Å². The maximum atomic E-state index is 12.3. The maximum Gasteiger partial charge on any atom is 0.288 e. The van der Waals surface area contributed by atoms with E-state index in [1.54, 1.807) is 0 Å². The molecule has 28 heavy (non-hydrogen) atoms. The molecule has 0 radical (unpaired) electrons. The molecule has 0 aliphatic rings. The number of hydrogen-bond acceptors (Lipinski definition) is 7. The number of anilines is 1. The first kappa shape index (κ1) is 20.0. The lowest BCUT2D eigenvalue weighted by Gasteiger charge is -2.02. The van der Waals surface area contributed by atoms with Gasteiger partial charge >= 0.3 is 0 Å². The van der Waals surface area contributed by atoms with Gasteiger partial charge in [-0.3, -0.25) is 20.2 Å². The van der Waals surface area contributed by atoms with Crippen LogP contribution in [0.15, 0.2) is 58.9 Å². The molecule has 7 nitrogen and oxygen atoms in total. The summed E-state index contributed by atoms with van der Waals surface area (Å²) in [6.45, 7) is 0. The molecule has 0 aliphatic heterocycles. The van der Waals surface area contributed by atoms with Gasteiger partial charge in [0.2, 0.25) is 5.13 Å². The minimum atomic E-state index is -0.637. The predicted octanol–water partition coefficient (Wildman–Crippen LogP) is 5.16. The van der Waals surface area contributed by atoms with Crippen LogP contribution in [0.3, 0.4) is 0 Å². The van der Waals surface area contributed by atoms with Gasteiger partial charge in [-0.1, -0.05) is 77.2 Å². The van der Waals surface area contributed by atoms with Crippen LogP contribution in [0.4, 0.5) is 10.8 Å². The predicted molar refractivity (Wildman–Crippen MR) is 112 cm³/mol. The maximum absolute atomic E-state index is 12.3. The van der Waals surface area contributed by atoms with E-state index in [-0.39, 0.29) is 16.3 Å². The second-order valence-electron chi connectivity index (χ2n) is 5.37. The molecule has 1 N–H and O–H groups in total. The third-order valence-corrected chi connectivity index (χ3v) is 5.69. The lowest BCUT2D eigenvalue weighted by molar-refractivity contribution is -0.384. The molecule has 0 saturated heterocycles. The molecule has 0 unspecified atom stereocenters. The van der Waals surface area contributed by atoms with Crippen molar-refractivity contribution in [3.63, 3.8) is 0 Å². The number of aromatic nitrogens is 2. The summed E-state index contributed by atoms with van der Waals surface area (Å²) in [5, 5.41) is 21.8. The van der Waals surface area contributed by atoms with Crippen LogP contribution in [0, 0.1) is 10.1 Å². The summed E-state index contributed by atoms with van der Waals surface area (Å²) in [7, 11) is 0. The van der Waals surface area contributed by atoms with Crippen molar-refractivity contribution in [2.45, 2.75) is 4.34 Å². The summed E-state index contributed by atoms with van der Waals surface area (Å²) in [4.78, 5) is 22.6. The van der Waals surface area contributed by atoms with Crippen LogP contribution in [-0.4, -0.2) is 26.8 Å². The van der Waals surface area contributed by atoms with Crippen molar-refractivity contribution >= 4 is 57.5 Å². The minimum Gasteiger partial charge on any atom is -0.296 e. The van der Waals surface area contributed by atoms with Gasteiger partial charge in [0.25, 0.3) is 11.6 Å². The highest BCUT2D eigenvalue weighted by Crippen LogP contribution is 2.28. The number of halogens is 1. The van der Waals surface area contributed by atoms with E-state index in [1.165, 1.54) is 35.2 Å². The van der Waals surface area contributed by atoms with E-state index in [1.807, 2.05) is 42.5 Å². The molecule has 2 aromatic carbocycles. The third-order valence-electron chi connectivity index (χ3n) is 3.44. The summed E-state index contributed by atoms with van der Waals surface area (Å²) in [6, 6.07) is 13.8. The quantitative estimate of drug-likeness (QED) is 0.240. The fraction of sp³-hybridized carbons (Fsp3) is 0.0556. The van der Waals surface area contributed by atoms with E-state index >= 15 is 0 Å². The molecule has 0 saturated carbocycles. The van der Waals surface area contributed by atoms with Crippen molar-refractivity contribution < 1.29 is 9.72 Å². The van der Waals surface area contributed by atoms with Crippen molar-refractivity contribution in [2.24, 2.45) is 0 Å². The number of hydrogen-bond donors (Lipinski definition) is 1. The zero-order valence-electron chi connectivity index (χ0n) is 14.2. The van der Waals surface area contributed by atoms with Crippen molar-refractivity contribution in [3.05, 3.63) is 80.9 Å². The number of benzene rings is 2. The van der Waals surface area contributed by atoms with Crippen LogP contribution in [0.5, 0.6) is 0 Å². The van der Waals surface area contributed by atoms with Crippen LogP contribution in [0.1, 0.15) is 15.9 Å². The Balaban J connectivity index is 1.57. The van der Waals surface area contributed by atoms with Crippen LogP contribution < -0.4 is 5.32 Å². The molecular formula is C18H13ClN4O3S2. The molecule has 1 heterocycles. The Labute approximate surface area is 173 Å². The van der Waals surface area contributed by atoms with Crippen LogP contribution in [-0.2, 0) is 0 Å². The van der Waals surface area contributed by atoms with Gasteiger partial charge in [0.1, 0.15) is 5.02 Å². The smallest absolute Gasteiger partial charge is 0.288 e. The second kappa shape index (κ2) is 9.45. The van der Waals surface area contributed by atoms with E-state index in [0.717, 1.165) is 11.6 Å². The SMILES string of the molecule is O=C(Nc1nnc(SC/C=C/c2ccccc2)s1)c1ccc(Cl)c([N+](=O)[O-])c1. The Morgan fingerprint density at radius 2 is 2.04 bits per heavy atom. The van der Waals surface area contributed by atoms with Crippen molar-refractivity contribution in [1.82, 2.24) is 10.2 Å². The zero-order chi connectivity index (χ0) is 19.9. The lowest BCUT2D eigenvalue weighted by Crippen LogP contribution is -2.12. The first-order chi connectivity index (χ1) is 13.5. The highest BCUT2D eigenvalue weighted by molar-refractivity contribution is 8.01. The summed E-state index contributed by atoms with van der Waals surface area (Å²) in [6.07, 6.45) is 4.04. The Morgan fingerprint density at radius 3 is 2.79 bits per heavy atom. The average molecular weight is 433 g/mol. The van der Waals surface area contributed by atoms with E-state index in [9.17, 15) is 14.9 Å². The zero-order valence-corrected chi connectivity index (χ0v) is 16.6. The molecule has 0 bridgehead atoms. The normalized spacial score (nSPS) is 10.9. The standard InChI is InChI=1S/C18H13ClN4O3S2/c19-14-9-8-13(11-15(14)23(25)26)16(24)20-17-21-22-18(28-17)27-10-4-7-12-5-2-1-3-6-12/h1-9,11H,10H2,(H,20,21,24)/b7-4+. The number of nitrogens with zero attached hydrogens (tertiary/aromatic N) is 3. The van der Waals surface area contributed by atoms with Crippen molar-refractivity contribution in [2.75, 3.05) is 11.1 Å². The van der Waals surface area contributed by atoms with Gasteiger partial charge in [-0.2, -0.15) is 0 Å². The largest absolute Gasteiger partial charge is 0.296 e. The van der Waals surface area contributed by atoms with Gasteiger partial charge in [0.05, 0.1) is 4.92 Å². The lowest BCUT2D eigenvalue weighted by atomic mass is 10.2. The summed E-state index contributed by atoms with van der Waals surface area (Å²) >= 11 is 8.48. The van der Waals surface area contributed by atoms with E-state index in [0.29, 0.717) is 15.2 Å². The van der Waals surface area contributed by atoms with E-state index < -0.39 is 10.8 Å². The minimum absolute atomic E-state index is 0.0280. The third kappa shape index (κ3) is 5.38. The molecule has 3 aromatic rings. The Kier molecular flexibility index (Phi) is 6.75. The number of carbonyl (C=O) groups excluding carboxylic acids is 1. The van der Waals surface area contributed by atoms with Gasteiger partial charge in [-0.25, -0.2) is 0 Å². The van der Waals surface area contributed by atoms with Gasteiger partial charge in [-0.15, -0.1) is 10.2 Å². The first-order valence-corrected chi connectivity index (χ1v) is 10.1. The van der Waals surface area contributed by atoms with Crippen LogP contribution in [0.25, 0.3) is 6.08 Å². The Hall–Kier alpha value is -2.75. The molecule has 0 fully saturated rings. The summed E-state index contributed by atoms with van der Waals surface area (Å²) in [5.41, 5.74) is 0.907. The number of carbonyl (C=O) groups is 1. The van der Waals surface area contributed by atoms with Crippen LogP contribution in [0.2, 0.25) is 5.02 Å². The highest BCUT2D eigenvalue weighted by Gasteiger charge is 2.17. The molecule has 1 amide bonds. The average Bonchev–Trinajstić information content (AvgIpc) is 3.13. The number of thioether (sulfide) groups is 1. The molecule has 0 atom stereocenters. The highest BCUT2D eigenvalue weighted by atomic mass is 35.5. The van der Waals surface area contributed by atoms with Gasteiger partial charge in [0, 0.05) is 17.4 Å². The summed E-state index contributed by atoms with van der Waals surface area (Å²) in [5.74, 6) is 0.192. The number of nitrogens with one attached hydrogen (secondary N) is 1. The molecule has 0 spiro atoms.